The van der Waals surface area contributed by atoms with E-state index in [2.05, 4.69) is 34.4 Å². The van der Waals surface area contributed by atoms with Crippen LogP contribution in [0, 0.1) is 6.92 Å². The molecule has 1 amide bonds. The third-order valence-corrected chi connectivity index (χ3v) is 5.68. The Bertz CT molecular complexity index is 943. The zero-order chi connectivity index (χ0) is 19.0. The number of amides is 1. The van der Waals surface area contributed by atoms with Crippen LogP contribution in [0.25, 0.3) is 10.8 Å². The summed E-state index contributed by atoms with van der Waals surface area (Å²) in [7, 11) is 0. The first-order valence-electron chi connectivity index (χ1n) is 9.11. The molecule has 1 atom stereocenters. The van der Waals surface area contributed by atoms with Gasteiger partial charge >= 0.3 is 0 Å². The zero-order valence-corrected chi connectivity index (χ0v) is 16.4. The fraction of sp³-hybridized carbons (Fsp3) is 0.500. The molecule has 1 fully saturated rings. The molecule has 142 valence electrons. The van der Waals surface area contributed by atoms with Crippen molar-refractivity contribution >= 4 is 17.2 Å². The number of hydrogen-bond donors (Lipinski definition) is 0. The first-order valence-corrected chi connectivity index (χ1v) is 9.92. The number of carbonyl (C=O) groups excluding carboxylic acids is 1. The summed E-state index contributed by atoms with van der Waals surface area (Å²) in [5.41, 5.74) is 0.883. The Morgan fingerprint density at radius 3 is 2.89 bits per heavy atom. The molecule has 4 rings (SSSR count). The first-order chi connectivity index (χ1) is 13.0. The number of aromatic nitrogens is 5. The molecule has 1 saturated heterocycles. The van der Waals surface area contributed by atoms with E-state index in [0.717, 1.165) is 23.4 Å². The highest BCUT2D eigenvalue weighted by molar-refractivity contribution is 7.15. The van der Waals surface area contributed by atoms with Gasteiger partial charge in [-0.05, 0) is 37.8 Å². The Kier molecular flexibility index (Phi) is 4.77. The van der Waals surface area contributed by atoms with Crippen molar-refractivity contribution in [3.8, 4) is 10.8 Å². The summed E-state index contributed by atoms with van der Waals surface area (Å²) in [6.45, 7) is 6.99. The number of hydrogen-bond acceptors (Lipinski definition) is 7. The second-order valence-corrected chi connectivity index (χ2v) is 8.38. The number of rotatable bonds is 5. The van der Waals surface area contributed by atoms with E-state index in [-0.39, 0.29) is 24.4 Å². The van der Waals surface area contributed by atoms with E-state index in [1.165, 1.54) is 4.88 Å². The molecule has 0 aromatic carbocycles. The maximum Gasteiger partial charge on any atom is 0.257 e. The SMILES string of the molecule is Cc1ccc(-c2nnc(C3CCCN3C(=O)Cn3cc(C(C)C)nn3)o2)s1. The van der Waals surface area contributed by atoms with Crippen LogP contribution in [0.15, 0.2) is 22.7 Å². The van der Waals surface area contributed by atoms with E-state index in [9.17, 15) is 4.79 Å². The smallest absolute Gasteiger partial charge is 0.257 e. The lowest BCUT2D eigenvalue weighted by Crippen LogP contribution is -2.33. The van der Waals surface area contributed by atoms with E-state index in [1.807, 2.05) is 30.2 Å². The van der Waals surface area contributed by atoms with Gasteiger partial charge in [-0.15, -0.1) is 26.6 Å². The minimum Gasteiger partial charge on any atom is -0.418 e. The van der Waals surface area contributed by atoms with Crippen molar-refractivity contribution in [3.63, 3.8) is 0 Å². The highest BCUT2D eigenvalue weighted by atomic mass is 32.1. The van der Waals surface area contributed by atoms with E-state index < -0.39 is 0 Å². The second-order valence-electron chi connectivity index (χ2n) is 7.10. The average molecular weight is 386 g/mol. The van der Waals surface area contributed by atoms with Gasteiger partial charge in [0.2, 0.25) is 11.8 Å². The van der Waals surface area contributed by atoms with E-state index >= 15 is 0 Å². The van der Waals surface area contributed by atoms with Gasteiger partial charge in [0.15, 0.2) is 0 Å². The number of likely N-dealkylation sites (tertiary alicyclic amines) is 1. The lowest BCUT2D eigenvalue weighted by atomic mass is 10.2. The molecular weight excluding hydrogens is 364 g/mol. The number of carbonyl (C=O) groups is 1. The molecule has 1 aliphatic heterocycles. The molecule has 4 heterocycles. The molecule has 0 saturated carbocycles. The van der Waals surface area contributed by atoms with Crippen molar-refractivity contribution in [2.75, 3.05) is 6.54 Å². The van der Waals surface area contributed by atoms with Crippen molar-refractivity contribution in [2.24, 2.45) is 0 Å². The summed E-state index contributed by atoms with van der Waals surface area (Å²) in [4.78, 5) is 16.8. The van der Waals surface area contributed by atoms with Crippen molar-refractivity contribution in [2.45, 2.75) is 52.1 Å². The van der Waals surface area contributed by atoms with Crippen LogP contribution >= 0.6 is 11.3 Å². The summed E-state index contributed by atoms with van der Waals surface area (Å²) in [5, 5.41) is 16.6. The fourth-order valence-corrected chi connectivity index (χ4v) is 4.01. The maximum absolute atomic E-state index is 12.8. The molecule has 8 nitrogen and oxygen atoms in total. The van der Waals surface area contributed by atoms with Crippen LogP contribution in [-0.4, -0.2) is 42.5 Å². The molecule has 3 aromatic rings. The molecule has 9 heteroatoms. The number of aryl methyl sites for hydroxylation is 1. The van der Waals surface area contributed by atoms with Gasteiger partial charge in [-0.25, -0.2) is 4.68 Å². The Balaban J connectivity index is 1.48. The van der Waals surface area contributed by atoms with Gasteiger partial charge in [0.1, 0.15) is 12.6 Å². The predicted octanol–water partition coefficient (Wildman–Crippen LogP) is 3.19. The highest BCUT2D eigenvalue weighted by Crippen LogP contribution is 2.34. The van der Waals surface area contributed by atoms with Crippen molar-refractivity contribution < 1.29 is 9.21 Å². The monoisotopic (exact) mass is 386 g/mol. The number of thiophene rings is 1. The van der Waals surface area contributed by atoms with Crippen LogP contribution in [0.5, 0.6) is 0 Å². The van der Waals surface area contributed by atoms with Crippen molar-refractivity contribution in [1.82, 2.24) is 30.1 Å². The van der Waals surface area contributed by atoms with Gasteiger partial charge in [0.25, 0.3) is 5.89 Å². The minimum absolute atomic E-state index is 0.00979. The van der Waals surface area contributed by atoms with Crippen LogP contribution < -0.4 is 0 Å². The molecule has 3 aromatic heterocycles. The minimum atomic E-state index is -0.173. The van der Waals surface area contributed by atoms with Crippen LogP contribution in [0.3, 0.4) is 0 Å². The van der Waals surface area contributed by atoms with Gasteiger partial charge < -0.3 is 9.32 Å². The molecule has 0 aliphatic carbocycles. The molecule has 27 heavy (non-hydrogen) atoms. The van der Waals surface area contributed by atoms with E-state index in [0.29, 0.717) is 18.3 Å². The number of nitrogens with zero attached hydrogens (tertiary/aromatic N) is 6. The van der Waals surface area contributed by atoms with Gasteiger partial charge in [0.05, 0.1) is 10.6 Å². The third-order valence-electron chi connectivity index (χ3n) is 4.70. The zero-order valence-electron chi connectivity index (χ0n) is 15.6. The van der Waals surface area contributed by atoms with Gasteiger partial charge in [0, 0.05) is 17.6 Å². The molecule has 1 unspecified atom stereocenters. The molecule has 0 spiro atoms. The molecular formula is C18H22N6O2S. The Morgan fingerprint density at radius 2 is 2.19 bits per heavy atom. The second kappa shape index (κ2) is 7.22. The van der Waals surface area contributed by atoms with E-state index in [1.54, 1.807) is 16.0 Å². The van der Waals surface area contributed by atoms with Gasteiger partial charge in [-0.2, -0.15) is 0 Å². The fourth-order valence-electron chi connectivity index (χ4n) is 3.22. The van der Waals surface area contributed by atoms with Crippen LogP contribution in [0.1, 0.15) is 55.1 Å². The van der Waals surface area contributed by atoms with Crippen molar-refractivity contribution in [1.29, 1.82) is 0 Å². The predicted molar refractivity (Wildman–Crippen MR) is 100 cm³/mol. The first kappa shape index (κ1) is 17.8. The standard InChI is InChI=1S/C18H22N6O2S/c1-11(2)13-9-23(22-19-13)10-16(25)24-8-4-5-14(24)17-20-21-18(26-17)15-7-6-12(3)27-15/h6-7,9,11,14H,4-5,8,10H2,1-3H3. The van der Waals surface area contributed by atoms with Gasteiger partial charge in [-0.3, -0.25) is 4.79 Å². The largest absolute Gasteiger partial charge is 0.418 e. The van der Waals surface area contributed by atoms with Crippen molar-refractivity contribution in [3.05, 3.63) is 34.8 Å². The topological polar surface area (TPSA) is 89.9 Å². The maximum atomic E-state index is 12.8. The Morgan fingerprint density at radius 1 is 1.33 bits per heavy atom. The Labute approximate surface area is 161 Å². The third kappa shape index (κ3) is 3.64. The summed E-state index contributed by atoms with van der Waals surface area (Å²) < 4.78 is 7.49. The molecule has 1 aliphatic rings. The summed E-state index contributed by atoms with van der Waals surface area (Å²) in [6, 6.07) is 3.83. The highest BCUT2D eigenvalue weighted by Gasteiger charge is 2.34. The normalized spacial score (nSPS) is 17.2. The summed E-state index contributed by atoms with van der Waals surface area (Å²) in [5.74, 6) is 1.29. The summed E-state index contributed by atoms with van der Waals surface area (Å²) in [6.07, 6.45) is 3.57. The molecule has 0 N–H and O–H groups in total. The quantitative estimate of drug-likeness (QED) is 0.669. The molecule has 0 radical (unpaired) electrons. The van der Waals surface area contributed by atoms with Gasteiger partial charge in [-0.1, -0.05) is 19.1 Å². The van der Waals surface area contributed by atoms with Crippen LogP contribution in [0.2, 0.25) is 0 Å². The Hall–Kier alpha value is -2.55. The average Bonchev–Trinajstić information content (AvgIpc) is 3.40. The lowest BCUT2D eigenvalue weighted by Gasteiger charge is -2.21. The van der Waals surface area contributed by atoms with E-state index in [4.69, 9.17) is 4.42 Å². The molecule has 0 bridgehead atoms. The lowest BCUT2D eigenvalue weighted by molar-refractivity contribution is -0.133. The van der Waals surface area contributed by atoms with Crippen LogP contribution in [0.4, 0.5) is 0 Å². The van der Waals surface area contributed by atoms with Crippen LogP contribution in [-0.2, 0) is 11.3 Å². The summed E-state index contributed by atoms with van der Waals surface area (Å²) >= 11 is 1.61.